The first-order valence-corrected chi connectivity index (χ1v) is 12.9. The van der Waals surface area contributed by atoms with Crippen LogP contribution in [0.3, 0.4) is 0 Å². The zero-order chi connectivity index (χ0) is 22.5. The van der Waals surface area contributed by atoms with Crippen LogP contribution in [0.5, 0.6) is 5.75 Å². The Morgan fingerprint density at radius 2 is 1.73 bits per heavy atom. The zero-order valence-electron chi connectivity index (χ0n) is 19.0. The molecule has 33 heavy (non-hydrogen) atoms. The van der Waals surface area contributed by atoms with E-state index in [-0.39, 0.29) is 22.8 Å². The normalized spacial score (nSPS) is 40.1. The Labute approximate surface area is 193 Å². The van der Waals surface area contributed by atoms with Gasteiger partial charge in [0, 0.05) is 18.0 Å². The molecule has 6 heteroatoms. The van der Waals surface area contributed by atoms with E-state index in [0.717, 1.165) is 42.6 Å². The number of aliphatic carboxylic acids is 1. The van der Waals surface area contributed by atoms with Crippen molar-refractivity contribution in [1.82, 2.24) is 4.90 Å². The van der Waals surface area contributed by atoms with Gasteiger partial charge >= 0.3 is 5.97 Å². The topological polar surface area (TPSA) is 66.8 Å². The number of carboxylic acids is 1. The highest BCUT2D eigenvalue weighted by molar-refractivity contribution is 5.98. The molecule has 4 bridgehead atoms. The van der Waals surface area contributed by atoms with Crippen LogP contribution in [-0.4, -0.2) is 41.1 Å². The van der Waals surface area contributed by atoms with Gasteiger partial charge in [-0.2, -0.15) is 0 Å². The molecule has 7 fully saturated rings. The number of piperidine rings is 1. The molecule has 1 aromatic rings. The molecular weight excluding hydrogens is 421 g/mol. The third-order valence-electron chi connectivity index (χ3n) is 9.71. The van der Waals surface area contributed by atoms with Crippen LogP contribution in [-0.2, 0) is 4.79 Å². The fourth-order valence-electron chi connectivity index (χ4n) is 8.42. The molecule has 1 amide bonds. The summed E-state index contributed by atoms with van der Waals surface area (Å²) in [5.41, 5.74) is 1.18. The van der Waals surface area contributed by atoms with Gasteiger partial charge in [-0.1, -0.05) is 0 Å². The standard InChI is InChI=1S/C27H32FNO4/c28-22-8-23(33-13-27-9-14-3-15(10-27)5-16(4-14)11-27)19(17-1-2-17)7-21(22)25(30)29-12-18-6-20(18)24(29)26(31)32/h7-8,14-18,20,24H,1-6,9-13H2,(H,31,32)/t14?,15?,16?,18?,20-,24+,27?/m1/s1. The van der Waals surface area contributed by atoms with E-state index in [1.807, 2.05) is 0 Å². The number of hydrogen-bond acceptors (Lipinski definition) is 3. The zero-order valence-corrected chi connectivity index (χ0v) is 19.0. The van der Waals surface area contributed by atoms with Crippen molar-refractivity contribution in [1.29, 1.82) is 0 Å². The highest BCUT2D eigenvalue weighted by atomic mass is 19.1. The van der Waals surface area contributed by atoms with E-state index in [1.54, 1.807) is 6.07 Å². The third kappa shape index (κ3) is 3.30. The maximum atomic E-state index is 15.3. The first-order chi connectivity index (χ1) is 15.9. The summed E-state index contributed by atoms with van der Waals surface area (Å²) in [5.74, 6) is 1.66. The van der Waals surface area contributed by atoms with E-state index in [0.29, 0.717) is 24.8 Å². The second-order valence-electron chi connectivity index (χ2n) is 12.3. The number of fused-ring (bicyclic) bond motifs is 1. The van der Waals surface area contributed by atoms with E-state index in [2.05, 4.69) is 0 Å². The number of likely N-dealkylation sites (tertiary alicyclic amines) is 1. The van der Waals surface area contributed by atoms with Crippen LogP contribution < -0.4 is 4.74 Å². The summed E-state index contributed by atoms with van der Waals surface area (Å²) in [6.07, 6.45) is 10.8. The molecule has 5 nitrogen and oxygen atoms in total. The summed E-state index contributed by atoms with van der Waals surface area (Å²) in [5, 5.41) is 9.62. The largest absolute Gasteiger partial charge is 0.493 e. The fraction of sp³-hybridized carbons (Fsp3) is 0.704. The lowest BCUT2D eigenvalue weighted by Crippen LogP contribution is -2.48. The number of halogens is 1. The first-order valence-electron chi connectivity index (χ1n) is 12.9. The molecule has 0 aromatic heterocycles. The highest BCUT2D eigenvalue weighted by Gasteiger charge is 2.57. The van der Waals surface area contributed by atoms with Crippen molar-refractivity contribution < 1.29 is 23.8 Å². The Bertz CT molecular complexity index is 998. The average Bonchev–Trinajstić information content (AvgIpc) is 3.69. The van der Waals surface area contributed by atoms with Gasteiger partial charge in [-0.05, 0) is 105 Å². The first kappa shape index (κ1) is 20.3. The van der Waals surface area contributed by atoms with Crippen molar-refractivity contribution in [2.75, 3.05) is 13.2 Å². The quantitative estimate of drug-likeness (QED) is 0.669. The summed E-state index contributed by atoms with van der Waals surface area (Å²) in [6, 6.07) is 2.26. The monoisotopic (exact) mass is 453 g/mol. The molecule has 1 unspecified atom stereocenters. The molecule has 1 saturated heterocycles. The minimum absolute atomic E-state index is 0.00612. The Hall–Kier alpha value is -2.11. The number of carboxylic acid groups (broad SMARTS) is 1. The maximum Gasteiger partial charge on any atom is 0.326 e. The Morgan fingerprint density at radius 3 is 2.33 bits per heavy atom. The fourth-order valence-corrected chi connectivity index (χ4v) is 8.42. The van der Waals surface area contributed by atoms with Gasteiger partial charge in [0.1, 0.15) is 17.6 Å². The van der Waals surface area contributed by atoms with E-state index in [4.69, 9.17) is 4.74 Å². The summed E-state index contributed by atoms with van der Waals surface area (Å²) in [7, 11) is 0. The molecule has 8 rings (SSSR count). The predicted octanol–water partition coefficient (Wildman–Crippen LogP) is 4.84. The summed E-state index contributed by atoms with van der Waals surface area (Å²) in [6.45, 7) is 1.07. The summed E-state index contributed by atoms with van der Waals surface area (Å²) < 4.78 is 21.7. The molecule has 3 atom stereocenters. The van der Waals surface area contributed by atoms with E-state index in [1.165, 1.54) is 49.5 Å². The average molecular weight is 454 g/mol. The van der Waals surface area contributed by atoms with E-state index in [9.17, 15) is 14.7 Å². The molecule has 1 aromatic carbocycles. The molecule has 1 N–H and O–H groups in total. The number of benzene rings is 1. The molecule has 6 saturated carbocycles. The molecule has 176 valence electrons. The van der Waals surface area contributed by atoms with Gasteiger partial charge in [-0.25, -0.2) is 9.18 Å². The molecule has 0 radical (unpaired) electrons. The number of rotatable bonds is 6. The second-order valence-corrected chi connectivity index (χ2v) is 12.3. The Morgan fingerprint density at radius 1 is 1.06 bits per heavy atom. The molecule has 1 heterocycles. The molecule has 1 aliphatic heterocycles. The van der Waals surface area contributed by atoms with Crippen molar-refractivity contribution in [3.8, 4) is 5.75 Å². The highest BCUT2D eigenvalue weighted by Crippen LogP contribution is 2.60. The van der Waals surface area contributed by atoms with Crippen LogP contribution in [0.2, 0.25) is 0 Å². The minimum atomic E-state index is -0.980. The number of carbonyl (C=O) groups excluding carboxylic acids is 1. The smallest absolute Gasteiger partial charge is 0.326 e. The van der Waals surface area contributed by atoms with E-state index >= 15 is 4.39 Å². The van der Waals surface area contributed by atoms with Crippen molar-refractivity contribution in [2.24, 2.45) is 35.0 Å². The lowest BCUT2D eigenvalue weighted by Gasteiger charge is -2.56. The predicted molar refractivity (Wildman–Crippen MR) is 119 cm³/mol. The summed E-state index contributed by atoms with van der Waals surface area (Å²) >= 11 is 0. The van der Waals surface area contributed by atoms with Crippen LogP contribution in [0.1, 0.15) is 79.6 Å². The lowest BCUT2D eigenvalue weighted by atomic mass is 9.50. The van der Waals surface area contributed by atoms with Crippen LogP contribution in [0.25, 0.3) is 0 Å². The van der Waals surface area contributed by atoms with Crippen LogP contribution in [0.15, 0.2) is 12.1 Å². The van der Waals surface area contributed by atoms with Gasteiger partial charge in [0.2, 0.25) is 0 Å². The maximum absolute atomic E-state index is 15.3. The lowest BCUT2D eigenvalue weighted by molar-refractivity contribution is -0.142. The molecular formula is C27H32FNO4. The van der Waals surface area contributed by atoms with Gasteiger partial charge in [0.05, 0.1) is 12.2 Å². The number of amides is 1. The minimum Gasteiger partial charge on any atom is -0.493 e. The van der Waals surface area contributed by atoms with Gasteiger partial charge < -0.3 is 14.7 Å². The SMILES string of the molecule is O=C(O)[C@@H]1[C@@H]2CC2CN1C(=O)c1cc(C2CC2)c(OCC23CC4CC(CC(C4)C2)C3)cc1F. The van der Waals surface area contributed by atoms with Crippen molar-refractivity contribution >= 4 is 11.9 Å². The van der Waals surface area contributed by atoms with Crippen molar-refractivity contribution in [3.05, 3.63) is 29.1 Å². The second kappa shape index (κ2) is 6.96. The van der Waals surface area contributed by atoms with Gasteiger partial charge in [0.15, 0.2) is 0 Å². The van der Waals surface area contributed by atoms with Gasteiger partial charge in [-0.3, -0.25) is 4.79 Å². The number of nitrogens with zero attached hydrogens (tertiary/aromatic N) is 1. The van der Waals surface area contributed by atoms with Gasteiger partial charge in [-0.15, -0.1) is 0 Å². The molecule has 7 aliphatic rings. The van der Waals surface area contributed by atoms with Crippen molar-refractivity contribution in [3.63, 3.8) is 0 Å². The molecule has 6 aliphatic carbocycles. The Kier molecular flexibility index (Phi) is 4.27. The van der Waals surface area contributed by atoms with E-state index < -0.39 is 23.7 Å². The Balaban J connectivity index is 1.14. The van der Waals surface area contributed by atoms with Crippen LogP contribution in [0.4, 0.5) is 4.39 Å². The van der Waals surface area contributed by atoms with Crippen LogP contribution >= 0.6 is 0 Å². The van der Waals surface area contributed by atoms with Gasteiger partial charge in [0.25, 0.3) is 5.91 Å². The molecule has 0 spiro atoms. The van der Waals surface area contributed by atoms with Crippen molar-refractivity contribution in [2.45, 2.75) is 69.7 Å². The van der Waals surface area contributed by atoms with Crippen LogP contribution in [0, 0.1) is 40.8 Å². The summed E-state index contributed by atoms with van der Waals surface area (Å²) in [4.78, 5) is 26.4. The third-order valence-corrected chi connectivity index (χ3v) is 9.71. The number of hydrogen-bond donors (Lipinski definition) is 1. The number of ether oxygens (including phenoxy) is 1. The number of carbonyl (C=O) groups is 2.